The highest BCUT2D eigenvalue weighted by atomic mass is 19.4. The molecule has 30 heavy (non-hydrogen) atoms. The van der Waals surface area contributed by atoms with Gasteiger partial charge < -0.3 is 10.6 Å². The summed E-state index contributed by atoms with van der Waals surface area (Å²) in [5.41, 5.74) is 4.39. The maximum atomic E-state index is 14.3. The number of pyridine rings is 1. The third kappa shape index (κ3) is 4.08. The summed E-state index contributed by atoms with van der Waals surface area (Å²) < 4.78 is 54.6. The lowest BCUT2D eigenvalue weighted by Gasteiger charge is -2.32. The number of carbonyl (C=O) groups excluding carboxylic acids is 1. The molecule has 0 bridgehead atoms. The number of nitrogens with zero attached hydrogens (tertiary/aromatic N) is 5. The van der Waals surface area contributed by atoms with Gasteiger partial charge in [0.05, 0.1) is 17.8 Å². The molecule has 3 heterocycles. The minimum atomic E-state index is -5.01. The lowest BCUT2D eigenvalue weighted by atomic mass is 10.1. The Morgan fingerprint density at radius 1 is 1.30 bits per heavy atom. The third-order valence-electron chi connectivity index (χ3n) is 4.69. The predicted octanol–water partition coefficient (Wildman–Crippen LogP) is 2.41. The van der Waals surface area contributed by atoms with Crippen molar-refractivity contribution in [2.45, 2.75) is 32.5 Å². The van der Waals surface area contributed by atoms with E-state index in [0.717, 1.165) is 17.2 Å². The van der Waals surface area contributed by atoms with E-state index in [1.54, 1.807) is 16.9 Å². The minimum Gasteiger partial charge on any atom is -0.399 e. The Kier molecular flexibility index (Phi) is 5.70. The monoisotopic (exact) mass is 427 g/mol. The maximum Gasteiger partial charge on any atom is 0.436 e. The highest BCUT2D eigenvalue weighted by molar-refractivity contribution is 5.95. The van der Waals surface area contributed by atoms with Crippen molar-refractivity contribution in [1.29, 1.82) is 0 Å². The number of rotatable bonds is 4. The second-order valence-electron chi connectivity index (χ2n) is 7.09. The van der Waals surface area contributed by atoms with Gasteiger partial charge in [0, 0.05) is 43.2 Å². The molecule has 12 heteroatoms. The number of hydrazine groups is 1. The van der Waals surface area contributed by atoms with Crippen LogP contribution in [0.25, 0.3) is 0 Å². The van der Waals surface area contributed by atoms with E-state index in [9.17, 15) is 22.4 Å². The molecule has 0 radical (unpaired) electrons. The van der Waals surface area contributed by atoms with Crippen LogP contribution in [0.3, 0.4) is 0 Å². The Morgan fingerprint density at radius 2 is 2.00 bits per heavy atom. The number of hydrogen-bond donors (Lipinski definition) is 2. The third-order valence-corrected chi connectivity index (χ3v) is 4.69. The number of alkyl halides is 3. The quantitative estimate of drug-likeness (QED) is 0.441. The number of hydrogen-bond acceptors (Lipinski definition) is 6. The van der Waals surface area contributed by atoms with Gasteiger partial charge in [0.15, 0.2) is 17.3 Å². The standard InChI is InChI=1S/C18H21F4N7O/c1-10(2)28-8-5-14(26-28)29(24)13-4-7-27(9-12(13)23)17(30)11-3-6-25-16(15(11)19)18(20,21)22/h3,5-6,8,10H,4,7,9,23-24H2,1-2H3. The van der Waals surface area contributed by atoms with Gasteiger partial charge in [-0.2, -0.15) is 18.3 Å². The summed E-state index contributed by atoms with van der Waals surface area (Å²) in [6, 6.07) is 2.76. The predicted molar refractivity (Wildman–Crippen MR) is 100 cm³/mol. The van der Waals surface area contributed by atoms with E-state index in [2.05, 4.69) is 10.1 Å². The highest BCUT2D eigenvalue weighted by Crippen LogP contribution is 2.31. The Bertz CT molecular complexity index is 983. The van der Waals surface area contributed by atoms with Crippen molar-refractivity contribution >= 4 is 11.7 Å². The van der Waals surface area contributed by atoms with Gasteiger partial charge in [0.25, 0.3) is 5.91 Å². The van der Waals surface area contributed by atoms with Crippen LogP contribution in [0.2, 0.25) is 0 Å². The van der Waals surface area contributed by atoms with Crippen LogP contribution in [0.1, 0.15) is 42.4 Å². The van der Waals surface area contributed by atoms with Gasteiger partial charge in [-0.1, -0.05) is 0 Å². The molecule has 0 aromatic carbocycles. The van der Waals surface area contributed by atoms with Crippen molar-refractivity contribution in [3.63, 3.8) is 0 Å². The summed E-state index contributed by atoms with van der Waals surface area (Å²) in [5.74, 6) is 3.96. The van der Waals surface area contributed by atoms with Crippen LogP contribution < -0.4 is 16.6 Å². The zero-order valence-corrected chi connectivity index (χ0v) is 16.3. The maximum absolute atomic E-state index is 14.3. The van der Waals surface area contributed by atoms with Crippen LogP contribution in [-0.2, 0) is 6.18 Å². The van der Waals surface area contributed by atoms with E-state index in [1.807, 2.05) is 13.8 Å². The molecule has 0 atom stereocenters. The Balaban J connectivity index is 1.80. The van der Waals surface area contributed by atoms with E-state index in [4.69, 9.17) is 11.6 Å². The molecule has 2 aromatic heterocycles. The molecule has 3 rings (SSSR count). The fraction of sp³-hybridized carbons (Fsp3) is 0.389. The largest absolute Gasteiger partial charge is 0.436 e. The Labute approximate surface area is 169 Å². The Hall–Kier alpha value is -3.15. The number of aromatic nitrogens is 3. The summed E-state index contributed by atoms with van der Waals surface area (Å²) in [6.45, 7) is 3.89. The first-order chi connectivity index (χ1) is 14.0. The van der Waals surface area contributed by atoms with Crippen molar-refractivity contribution < 1.29 is 22.4 Å². The molecule has 8 nitrogen and oxygen atoms in total. The van der Waals surface area contributed by atoms with Gasteiger partial charge in [-0.15, -0.1) is 0 Å². The fourth-order valence-corrected chi connectivity index (χ4v) is 3.09. The average molecular weight is 427 g/mol. The fourth-order valence-electron chi connectivity index (χ4n) is 3.09. The molecule has 2 aromatic rings. The molecular weight excluding hydrogens is 406 g/mol. The first kappa shape index (κ1) is 21.6. The van der Waals surface area contributed by atoms with Gasteiger partial charge in [0.2, 0.25) is 0 Å². The van der Waals surface area contributed by atoms with E-state index < -0.39 is 29.2 Å². The first-order valence-electron chi connectivity index (χ1n) is 9.09. The first-order valence-corrected chi connectivity index (χ1v) is 9.09. The average Bonchev–Trinajstić information content (AvgIpc) is 3.16. The van der Waals surface area contributed by atoms with Gasteiger partial charge in [0.1, 0.15) is 0 Å². The van der Waals surface area contributed by atoms with Crippen LogP contribution in [0.4, 0.5) is 23.4 Å². The zero-order valence-electron chi connectivity index (χ0n) is 16.3. The molecule has 4 N–H and O–H groups in total. The lowest BCUT2D eigenvalue weighted by Crippen LogP contribution is -2.44. The van der Waals surface area contributed by atoms with E-state index in [0.29, 0.717) is 11.5 Å². The van der Waals surface area contributed by atoms with E-state index >= 15 is 0 Å². The van der Waals surface area contributed by atoms with Gasteiger partial charge in [-0.25, -0.2) is 15.2 Å². The van der Waals surface area contributed by atoms with E-state index in [1.165, 1.54) is 5.01 Å². The van der Waals surface area contributed by atoms with Crippen molar-refractivity contribution in [2.24, 2.45) is 11.6 Å². The number of nitrogens with two attached hydrogens (primary N) is 2. The molecule has 162 valence electrons. The zero-order chi connectivity index (χ0) is 22.2. The molecule has 1 aliphatic heterocycles. The lowest BCUT2D eigenvalue weighted by molar-refractivity contribution is -0.143. The molecule has 1 aliphatic rings. The van der Waals surface area contributed by atoms with Crippen LogP contribution in [0.5, 0.6) is 0 Å². The molecule has 0 aliphatic carbocycles. The normalized spacial score (nSPS) is 15.1. The molecule has 0 spiro atoms. The second kappa shape index (κ2) is 7.94. The smallest absolute Gasteiger partial charge is 0.399 e. The number of anilines is 1. The van der Waals surface area contributed by atoms with Crippen LogP contribution in [0, 0.1) is 5.82 Å². The van der Waals surface area contributed by atoms with Gasteiger partial charge >= 0.3 is 6.18 Å². The number of carbonyl (C=O) groups is 1. The summed E-state index contributed by atoms with van der Waals surface area (Å²) in [6.07, 6.45) is -2.27. The van der Waals surface area contributed by atoms with Crippen LogP contribution in [0.15, 0.2) is 35.9 Å². The Morgan fingerprint density at radius 3 is 2.57 bits per heavy atom. The number of amides is 1. The molecule has 1 amide bonds. The van der Waals surface area contributed by atoms with Crippen molar-refractivity contribution in [1.82, 2.24) is 19.7 Å². The second-order valence-corrected chi connectivity index (χ2v) is 7.09. The van der Waals surface area contributed by atoms with Crippen molar-refractivity contribution in [3.8, 4) is 0 Å². The van der Waals surface area contributed by atoms with Crippen LogP contribution >= 0.6 is 0 Å². The highest BCUT2D eigenvalue weighted by Gasteiger charge is 2.38. The molecule has 0 unspecified atom stereocenters. The molecule has 0 saturated carbocycles. The SMILES string of the molecule is CC(C)n1ccc(N(N)C2=C(N)CN(C(=O)c3ccnc(C(F)(F)F)c3F)CC2)n1. The van der Waals surface area contributed by atoms with E-state index in [-0.39, 0.29) is 31.2 Å². The van der Waals surface area contributed by atoms with Crippen LogP contribution in [-0.4, -0.2) is 38.7 Å². The summed E-state index contributed by atoms with van der Waals surface area (Å²) in [5, 5.41) is 5.66. The number of halogens is 4. The molecular formula is C18H21F4N7O. The topological polar surface area (TPSA) is 106 Å². The van der Waals surface area contributed by atoms with Crippen molar-refractivity contribution in [3.05, 3.63) is 53.0 Å². The molecule has 0 fully saturated rings. The summed E-state index contributed by atoms with van der Waals surface area (Å²) in [7, 11) is 0. The van der Waals surface area contributed by atoms with Crippen molar-refractivity contribution in [2.75, 3.05) is 18.1 Å². The van der Waals surface area contributed by atoms with Gasteiger partial charge in [-0.05, 0) is 19.9 Å². The minimum absolute atomic E-state index is 0.0938. The molecule has 0 saturated heterocycles. The van der Waals surface area contributed by atoms with Gasteiger partial charge in [-0.3, -0.25) is 14.5 Å². The summed E-state index contributed by atoms with van der Waals surface area (Å²) >= 11 is 0. The summed E-state index contributed by atoms with van der Waals surface area (Å²) in [4.78, 5) is 16.8.